The molecule has 1 aromatic carbocycles. The molecule has 120 valence electrons. The third-order valence-corrected chi connectivity index (χ3v) is 4.46. The van der Waals surface area contributed by atoms with E-state index in [2.05, 4.69) is 15.9 Å². The summed E-state index contributed by atoms with van der Waals surface area (Å²) in [6, 6.07) is 7.59. The molecule has 0 aliphatic carbocycles. The van der Waals surface area contributed by atoms with Crippen molar-refractivity contribution in [1.29, 1.82) is 5.26 Å². The minimum atomic E-state index is -2.53. The van der Waals surface area contributed by atoms with Gasteiger partial charge in [0, 0.05) is 39.8 Å². The maximum atomic E-state index is 11.0. The zero-order valence-corrected chi connectivity index (χ0v) is 13.6. The lowest BCUT2D eigenvalue weighted by Crippen LogP contribution is -2.47. The molecular weight excluding hydrogens is 302 g/mol. The molecule has 0 aromatic heterocycles. The van der Waals surface area contributed by atoms with Gasteiger partial charge < -0.3 is 9.64 Å². The Kier molecular flexibility index (Phi) is 6.19. The zero-order valence-electron chi connectivity index (χ0n) is 12.7. The second kappa shape index (κ2) is 8.13. The number of hydrogen-bond donors (Lipinski definition) is 1. The number of anilines is 1. The lowest BCUT2D eigenvalue weighted by atomic mass is 10.1. The van der Waals surface area contributed by atoms with Crippen molar-refractivity contribution in [2.45, 2.75) is 5.75 Å². The van der Waals surface area contributed by atoms with Crippen LogP contribution in [0.15, 0.2) is 18.2 Å². The molecule has 0 atom stereocenters. The highest BCUT2D eigenvalue weighted by molar-refractivity contribution is 7.71. The molecule has 6 nitrogen and oxygen atoms in total. The lowest BCUT2D eigenvalue weighted by Gasteiger charge is -2.36. The van der Waals surface area contributed by atoms with Crippen LogP contribution in [0.2, 0.25) is 0 Å². The highest BCUT2D eigenvalue weighted by Crippen LogP contribution is 2.25. The Morgan fingerprint density at radius 2 is 2.00 bits per heavy atom. The van der Waals surface area contributed by atoms with E-state index in [1.54, 1.807) is 13.2 Å². The van der Waals surface area contributed by atoms with Crippen molar-refractivity contribution in [2.75, 3.05) is 51.3 Å². The Labute approximate surface area is 132 Å². The summed E-state index contributed by atoms with van der Waals surface area (Å²) >= 11 is 0. The van der Waals surface area contributed by atoms with Crippen molar-refractivity contribution in [2.24, 2.45) is 0 Å². The van der Waals surface area contributed by atoms with Crippen LogP contribution in [-0.4, -0.2) is 59.8 Å². The Bertz CT molecular complexity index is 609. The van der Waals surface area contributed by atoms with Gasteiger partial charge in [0.15, 0.2) is 0 Å². The average Bonchev–Trinajstić information content (AvgIpc) is 2.52. The number of thiol groups is 1. The van der Waals surface area contributed by atoms with E-state index in [4.69, 9.17) is 4.74 Å². The average molecular weight is 323 g/mol. The van der Waals surface area contributed by atoms with Crippen molar-refractivity contribution < 1.29 is 13.2 Å². The quantitative estimate of drug-likeness (QED) is 0.766. The molecule has 1 saturated heterocycles. The molecular formula is C15H21N3O3S. The maximum Gasteiger partial charge on any atom is 0.144 e. The molecule has 1 aromatic rings. The fourth-order valence-electron chi connectivity index (χ4n) is 2.68. The first-order valence-electron chi connectivity index (χ1n) is 7.25. The summed E-state index contributed by atoms with van der Waals surface area (Å²) in [5, 5.41) is 9.41. The first kappa shape index (κ1) is 16.7. The van der Waals surface area contributed by atoms with Crippen LogP contribution >= 0.6 is 0 Å². The van der Waals surface area contributed by atoms with Gasteiger partial charge in [0.2, 0.25) is 0 Å². The standard InChI is InChI=1S/C15H21N3O3S/c1-21-10-9-17-5-7-18(8-6-17)15-4-2-3-13(12-22(19)20)14(15)11-16/h2-4,22H,5-10,12H2,1H3. The molecule has 0 unspecified atom stereocenters. The van der Waals surface area contributed by atoms with Gasteiger partial charge in [0.25, 0.3) is 0 Å². The van der Waals surface area contributed by atoms with Gasteiger partial charge in [-0.25, -0.2) is 8.42 Å². The third kappa shape index (κ3) is 4.19. The fourth-order valence-corrected chi connectivity index (χ4v) is 3.22. The number of ether oxygens (including phenoxy) is 1. The molecule has 1 heterocycles. The largest absolute Gasteiger partial charge is 0.383 e. The van der Waals surface area contributed by atoms with Crippen LogP contribution in [0.1, 0.15) is 11.1 Å². The second-order valence-corrected chi connectivity index (χ2v) is 6.22. The number of hydrogen-bond acceptors (Lipinski definition) is 6. The van der Waals surface area contributed by atoms with Crippen LogP contribution in [-0.2, 0) is 21.2 Å². The van der Waals surface area contributed by atoms with Gasteiger partial charge in [-0.3, -0.25) is 4.90 Å². The first-order valence-corrected chi connectivity index (χ1v) is 8.62. The Morgan fingerprint density at radius 1 is 1.27 bits per heavy atom. The highest BCUT2D eigenvalue weighted by Gasteiger charge is 2.20. The van der Waals surface area contributed by atoms with Gasteiger partial charge >= 0.3 is 0 Å². The topological polar surface area (TPSA) is 73.6 Å². The van der Waals surface area contributed by atoms with E-state index in [0.717, 1.165) is 45.0 Å². The normalized spacial score (nSPS) is 16.0. The van der Waals surface area contributed by atoms with Crippen LogP contribution in [0, 0.1) is 11.3 Å². The zero-order chi connectivity index (χ0) is 15.9. The van der Waals surface area contributed by atoms with Crippen molar-refractivity contribution in [3.8, 4) is 6.07 Å². The minimum Gasteiger partial charge on any atom is -0.383 e. The van der Waals surface area contributed by atoms with Crippen LogP contribution in [0.3, 0.4) is 0 Å². The summed E-state index contributed by atoms with van der Waals surface area (Å²) in [4.78, 5) is 4.48. The smallest absolute Gasteiger partial charge is 0.144 e. The number of nitriles is 1. The van der Waals surface area contributed by atoms with E-state index in [0.29, 0.717) is 11.1 Å². The van der Waals surface area contributed by atoms with Crippen molar-refractivity contribution in [1.82, 2.24) is 4.90 Å². The van der Waals surface area contributed by atoms with Gasteiger partial charge in [0.1, 0.15) is 16.8 Å². The van der Waals surface area contributed by atoms with Gasteiger partial charge in [-0.05, 0) is 11.6 Å². The third-order valence-electron chi connectivity index (χ3n) is 3.86. The van der Waals surface area contributed by atoms with Crippen LogP contribution in [0.5, 0.6) is 0 Å². The summed E-state index contributed by atoms with van der Waals surface area (Å²) < 4.78 is 27.0. The molecule has 0 N–H and O–H groups in total. The maximum absolute atomic E-state index is 11.0. The summed E-state index contributed by atoms with van der Waals surface area (Å²) in [5.41, 5.74) is 1.90. The summed E-state index contributed by atoms with van der Waals surface area (Å²) in [5.74, 6) is -0.0835. The van der Waals surface area contributed by atoms with Gasteiger partial charge in [-0.1, -0.05) is 12.1 Å². The highest BCUT2D eigenvalue weighted by atomic mass is 32.2. The Morgan fingerprint density at radius 3 is 2.59 bits per heavy atom. The van der Waals surface area contributed by atoms with Crippen molar-refractivity contribution >= 4 is 16.4 Å². The van der Waals surface area contributed by atoms with Crippen molar-refractivity contribution in [3.63, 3.8) is 0 Å². The molecule has 0 spiro atoms. The molecule has 1 aliphatic heterocycles. The summed E-state index contributed by atoms with van der Waals surface area (Å²) in [7, 11) is -0.838. The number of piperazine rings is 1. The SMILES string of the molecule is COCCN1CCN(c2cccc(C[SH](=O)=O)c2C#N)CC1. The first-order chi connectivity index (χ1) is 10.7. The molecule has 22 heavy (non-hydrogen) atoms. The molecule has 1 aliphatic rings. The van der Waals surface area contributed by atoms with Crippen LogP contribution in [0.25, 0.3) is 0 Å². The van der Waals surface area contributed by atoms with Gasteiger partial charge in [-0.15, -0.1) is 0 Å². The molecule has 1 fully saturated rings. The molecule has 2 rings (SSSR count). The molecule has 0 bridgehead atoms. The van der Waals surface area contributed by atoms with Crippen LogP contribution < -0.4 is 4.90 Å². The number of rotatable bonds is 6. The monoisotopic (exact) mass is 323 g/mol. The summed E-state index contributed by atoms with van der Waals surface area (Å²) in [6.07, 6.45) is 0. The van der Waals surface area contributed by atoms with E-state index in [-0.39, 0.29) is 5.75 Å². The predicted molar refractivity (Wildman–Crippen MR) is 85.7 cm³/mol. The molecule has 0 radical (unpaired) electrons. The molecule has 0 saturated carbocycles. The fraction of sp³-hybridized carbons (Fsp3) is 0.533. The van der Waals surface area contributed by atoms with Crippen molar-refractivity contribution in [3.05, 3.63) is 29.3 Å². The van der Waals surface area contributed by atoms with Crippen LogP contribution in [0.4, 0.5) is 5.69 Å². The lowest BCUT2D eigenvalue weighted by molar-refractivity contribution is 0.144. The van der Waals surface area contributed by atoms with E-state index >= 15 is 0 Å². The van der Waals surface area contributed by atoms with Gasteiger partial charge in [-0.2, -0.15) is 5.26 Å². The van der Waals surface area contributed by atoms with E-state index < -0.39 is 10.7 Å². The number of nitrogens with zero attached hydrogens (tertiary/aromatic N) is 3. The molecule has 7 heteroatoms. The van der Waals surface area contributed by atoms with E-state index in [1.165, 1.54) is 0 Å². The number of methoxy groups -OCH3 is 1. The minimum absolute atomic E-state index is 0.0835. The predicted octanol–water partition coefficient (Wildman–Crippen LogP) is 0.438. The Balaban J connectivity index is 2.12. The second-order valence-electron chi connectivity index (χ2n) is 5.24. The van der Waals surface area contributed by atoms with E-state index in [9.17, 15) is 13.7 Å². The van der Waals surface area contributed by atoms with E-state index in [1.807, 2.05) is 12.1 Å². The number of benzene rings is 1. The Hall–Kier alpha value is -1.62. The molecule has 0 amide bonds. The van der Waals surface area contributed by atoms with Gasteiger partial charge in [0.05, 0.1) is 23.6 Å². The summed E-state index contributed by atoms with van der Waals surface area (Å²) in [6.45, 7) is 5.10.